The van der Waals surface area contributed by atoms with Crippen LogP contribution in [0.15, 0.2) is 29.3 Å². The molecule has 0 radical (unpaired) electrons. The lowest BCUT2D eigenvalue weighted by atomic mass is 9.99. The summed E-state index contributed by atoms with van der Waals surface area (Å²) in [6.45, 7) is 9.06. The molecule has 0 aliphatic heterocycles. The van der Waals surface area contributed by atoms with Crippen molar-refractivity contribution < 1.29 is 8.42 Å². The molecule has 0 saturated carbocycles. The van der Waals surface area contributed by atoms with E-state index in [1.807, 2.05) is 13.8 Å². The molecule has 24 heavy (non-hydrogen) atoms. The Morgan fingerprint density at radius 2 is 1.96 bits per heavy atom. The van der Waals surface area contributed by atoms with Crippen molar-refractivity contribution in [2.24, 2.45) is 4.99 Å². The normalized spacial score (nSPS) is 14.3. The number of nitrogens with zero attached hydrogens (tertiary/aromatic N) is 1. The lowest BCUT2D eigenvalue weighted by molar-refractivity contribution is 0.446. The fourth-order valence-corrected chi connectivity index (χ4v) is 3.48. The first kappa shape index (κ1) is 20.4. The van der Waals surface area contributed by atoms with Crippen LogP contribution < -0.4 is 15.4 Å². The zero-order valence-corrected chi connectivity index (χ0v) is 16.3. The van der Waals surface area contributed by atoms with Crippen LogP contribution in [-0.2, 0) is 10.0 Å². The van der Waals surface area contributed by atoms with Crippen LogP contribution in [0.2, 0.25) is 0 Å². The molecule has 0 fully saturated rings. The van der Waals surface area contributed by atoms with Crippen molar-refractivity contribution in [1.29, 1.82) is 0 Å². The molecule has 0 spiro atoms. The highest BCUT2D eigenvalue weighted by atomic mass is 32.2. The van der Waals surface area contributed by atoms with Gasteiger partial charge in [-0.25, -0.2) is 13.1 Å². The van der Waals surface area contributed by atoms with Gasteiger partial charge in [0, 0.05) is 25.7 Å². The van der Waals surface area contributed by atoms with Gasteiger partial charge in [0.2, 0.25) is 10.0 Å². The number of benzene rings is 1. The third-order valence-electron chi connectivity index (χ3n) is 3.57. The summed E-state index contributed by atoms with van der Waals surface area (Å²) in [6, 6.07) is 8.45. The van der Waals surface area contributed by atoms with Crippen molar-refractivity contribution in [1.82, 2.24) is 15.4 Å². The molecule has 1 aromatic carbocycles. The fourth-order valence-electron chi connectivity index (χ4n) is 2.41. The lowest BCUT2D eigenvalue weighted by Crippen LogP contribution is -2.53. The van der Waals surface area contributed by atoms with E-state index in [0.29, 0.717) is 18.4 Å². The van der Waals surface area contributed by atoms with E-state index in [-0.39, 0.29) is 0 Å². The number of aliphatic imine (C=N–C) groups is 1. The van der Waals surface area contributed by atoms with Crippen molar-refractivity contribution in [3.8, 4) is 0 Å². The summed E-state index contributed by atoms with van der Waals surface area (Å²) >= 11 is 0. The Labute approximate surface area is 146 Å². The molecule has 1 atom stereocenters. The minimum Gasteiger partial charge on any atom is -0.356 e. The standard InChI is InChI=1S/C17H30N4O2S/c1-13-8-7-9-15(10-13)14(2)11-19-16(18-5)20-12-17(3,4)21-24(6,22)23/h7-10,14,21H,11-12H2,1-6H3,(H2,18,19,20). The van der Waals surface area contributed by atoms with Crippen LogP contribution >= 0.6 is 0 Å². The molecule has 0 aliphatic carbocycles. The highest BCUT2D eigenvalue weighted by Gasteiger charge is 2.22. The van der Waals surface area contributed by atoms with Gasteiger partial charge >= 0.3 is 0 Å². The molecule has 0 heterocycles. The number of rotatable bonds is 7. The summed E-state index contributed by atoms with van der Waals surface area (Å²) in [5.41, 5.74) is 1.92. The summed E-state index contributed by atoms with van der Waals surface area (Å²) in [5.74, 6) is 0.989. The van der Waals surface area contributed by atoms with Crippen LogP contribution in [0, 0.1) is 6.92 Å². The van der Waals surface area contributed by atoms with E-state index < -0.39 is 15.6 Å². The predicted molar refractivity (Wildman–Crippen MR) is 101 cm³/mol. The van der Waals surface area contributed by atoms with Gasteiger partial charge in [-0.2, -0.15) is 0 Å². The molecule has 7 heteroatoms. The summed E-state index contributed by atoms with van der Waals surface area (Å²) in [6.07, 6.45) is 1.16. The van der Waals surface area contributed by atoms with E-state index in [9.17, 15) is 8.42 Å². The maximum Gasteiger partial charge on any atom is 0.209 e. The third kappa shape index (κ3) is 7.79. The molecular weight excluding hydrogens is 324 g/mol. The van der Waals surface area contributed by atoms with Crippen LogP contribution in [0.25, 0.3) is 0 Å². The molecule has 3 N–H and O–H groups in total. The average molecular weight is 355 g/mol. The first-order chi connectivity index (χ1) is 11.0. The Hall–Kier alpha value is -1.60. The van der Waals surface area contributed by atoms with Gasteiger partial charge in [-0.3, -0.25) is 4.99 Å². The summed E-state index contributed by atoms with van der Waals surface area (Å²) in [7, 11) is -1.55. The molecule has 136 valence electrons. The summed E-state index contributed by atoms with van der Waals surface area (Å²) in [5, 5.41) is 6.45. The monoisotopic (exact) mass is 354 g/mol. The first-order valence-electron chi connectivity index (χ1n) is 8.02. The number of hydrogen-bond acceptors (Lipinski definition) is 3. The first-order valence-corrected chi connectivity index (χ1v) is 9.91. The number of hydrogen-bond donors (Lipinski definition) is 3. The SMILES string of the molecule is CN=C(NCC(C)c1cccc(C)c1)NCC(C)(C)NS(C)(=O)=O. The van der Waals surface area contributed by atoms with Crippen LogP contribution in [0.4, 0.5) is 0 Å². The smallest absolute Gasteiger partial charge is 0.209 e. The summed E-state index contributed by atoms with van der Waals surface area (Å²) < 4.78 is 25.4. The Morgan fingerprint density at radius 3 is 2.50 bits per heavy atom. The number of sulfonamides is 1. The molecule has 0 aliphatic rings. The average Bonchev–Trinajstić information content (AvgIpc) is 2.44. The minimum atomic E-state index is -3.25. The molecule has 0 bridgehead atoms. The molecule has 1 unspecified atom stereocenters. The van der Waals surface area contributed by atoms with Gasteiger partial charge in [0.05, 0.1) is 6.26 Å². The van der Waals surface area contributed by atoms with Gasteiger partial charge in [0.25, 0.3) is 0 Å². The van der Waals surface area contributed by atoms with Crippen molar-refractivity contribution in [2.45, 2.75) is 39.2 Å². The predicted octanol–water partition coefficient (Wildman–Crippen LogP) is 1.59. The van der Waals surface area contributed by atoms with E-state index in [2.05, 4.69) is 58.5 Å². The van der Waals surface area contributed by atoms with E-state index in [4.69, 9.17) is 0 Å². The van der Waals surface area contributed by atoms with Gasteiger partial charge in [-0.1, -0.05) is 36.8 Å². The van der Waals surface area contributed by atoms with Crippen LogP contribution in [-0.4, -0.2) is 46.3 Å². The Balaban J connectivity index is 2.54. The maximum absolute atomic E-state index is 11.4. The number of guanidine groups is 1. The molecule has 0 saturated heterocycles. The molecular formula is C17H30N4O2S. The fraction of sp³-hybridized carbons (Fsp3) is 0.588. The van der Waals surface area contributed by atoms with Crippen molar-refractivity contribution in [2.75, 3.05) is 26.4 Å². The summed E-state index contributed by atoms with van der Waals surface area (Å²) in [4.78, 5) is 4.19. The van der Waals surface area contributed by atoms with Crippen molar-refractivity contribution in [3.63, 3.8) is 0 Å². The molecule has 0 aromatic heterocycles. The van der Waals surface area contributed by atoms with E-state index in [0.717, 1.165) is 12.8 Å². The topological polar surface area (TPSA) is 82.6 Å². The highest BCUT2D eigenvalue weighted by Crippen LogP contribution is 2.15. The van der Waals surface area contributed by atoms with Crippen LogP contribution in [0.3, 0.4) is 0 Å². The molecule has 1 aromatic rings. The zero-order chi connectivity index (χ0) is 18.4. The lowest BCUT2D eigenvalue weighted by Gasteiger charge is -2.26. The molecule has 1 rings (SSSR count). The Morgan fingerprint density at radius 1 is 1.29 bits per heavy atom. The molecule has 0 amide bonds. The van der Waals surface area contributed by atoms with Gasteiger partial charge in [0.1, 0.15) is 0 Å². The second-order valence-electron chi connectivity index (χ2n) is 6.88. The van der Waals surface area contributed by atoms with Gasteiger partial charge < -0.3 is 10.6 Å². The van der Waals surface area contributed by atoms with Gasteiger partial charge in [-0.15, -0.1) is 0 Å². The van der Waals surface area contributed by atoms with E-state index >= 15 is 0 Å². The molecule has 6 nitrogen and oxygen atoms in total. The van der Waals surface area contributed by atoms with Crippen LogP contribution in [0.5, 0.6) is 0 Å². The van der Waals surface area contributed by atoms with Crippen molar-refractivity contribution in [3.05, 3.63) is 35.4 Å². The third-order valence-corrected chi connectivity index (χ3v) is 4.49. The minimum absolute atomic E-state index is 0.339. The van der Waals surface area contributed by atoms with E-state index in [1.54, 1.807) is 7.05 Å². The second kappa shape index (κ2) is 8.48. The maximum atomic E-state index is 11.4. The number of nitrogens with one attached hydrogen (secondary N) is 3. The van der Waals surface area contributed by atoms with Gasteiger partial charge in [-0.05, 0) is 32.3 Å². The largest absolute Gasteiger partial charge is 0.356 e. The highest BCUT2D eigenvalue weighted by molar-refractivity contribution is 7.88. The quantitative estimate of drug-likeness (QED) is 0.513. The Kier molecular flexibility index (Phi) is 7.23. The van der Waals surface area contributed by atoms with Crippen LogP contribution in [0.1, 0.15) is 37.8 Å². The zero-order valence-electron chi connectivity index (χ0n) is 15.5. The van der Waals surface area contributed by atoms with E-state index in [1.165, 1.54) is 11.1 Å². The Bertz CT molecular complexity index is 669. The number of aryl methyl sites for hydroxylation is 1. The van der Waals surface area contributed by atoms with Gasteiger partial charge in [0.15, 0.2) is 5.96 Å². The van der Waals surface area contributed by atoms with Crippen molar-refractivity contribution >= 4 is 16.0 Å². The second-order valence-corrected chi connectivity index (χ2v) is 8.63.